The van der Waals surface area contributed by atoms with Crippen molar-refractivity contribution in [1.82, 2.24) is 4.98 Å². The SMILES string of the molecule is Cc1cnc(COc2ccccc2Br)c(C)c1N. The van der Waals surface area contributed by atoms with E-state index < -0.39 is 0 Å². The molecule has 0 saturated heterocycles. The number of anilines is 1. The van der Waals surface area contributed by atoms with Gasteiger partial charge in [-0.05, 0) is 53.0 Å². The molecule has 94 valence electrons. The van der Waals surface area contributed by atoms with Gasteiger partial charge in [-0.1, -0.05) is 12.1 Å². The summed E-state index contributed by atoms with van der Waals surface area (Å²) in [5.74, 6) is 0.804. The minimum Gasteiger partial charge on any atom is -0.486 e. The van der Waals surface area contributed by atoms with E-state index in [0.717, 1.165) is 32.7 Å². The van der Waals surface area contributed by atoms with Gasteiger partial charge in [0.2, 0.25) is 0 Å². The molecule has 0 bridgehead atoms. The molecule has 0 fully saturated rings. The van der Waals surface area contributed by atoms with E-state index in [-0.39, 0.29) is 0 Å². The Labute approximate surface area is 115 Å². The van der Waals surface area contributed by atoms with Crippen LogP contribution in [-0.2, 0) is 6.61 Å². The Hall–Kier alpha value is -1.55. The van der Waals surface area contributed by atoms with Crippen LogP contribution in [-0.4, -0.2) is 4.98 Å². The Morgan fingerprint density at radius 3 is 2.72 bits per heavy atom. The van der Waals surface area contributed by atoms with Gasteiger partial charge in [-0.3, -0.25) is 4.98 Å². The molecule has 0 amide bonds. The van der Waals surface area contributed by atoms with Crippen molar-refractivity contribution < 1.29 is 4.74 Å². The van der Waals surface area contributed by atoms with E-state index in [2.05, 4.69) is 20.9 Å². The molecule has 2 N–H and O–H groups in total. The molecule has 4 heteroatoms. The number of ether oxygens (including phenoxy) is 1. The third-order valence-electron chi connectivity index (χ3n) is 2.88. The molecule has 1 heterocycles. The Morgan fingerprint density at radius 1 is 1.28 bits per heavy atom. The molecule has 3 nitrogen and oxygen atoms in total. The molecule has 0 spiro atoms. The summed E-state index contributed by atoms with van der Waals surface area (Å²) >= 11 is 3.44. The van der Waals surface area contributed by atoms with Gasteiger partial charge in [0, 0.05) is 11.9 Å². The predicted molar refractivity (Wildman–Crippen MR) is 76.6 cm³/mol. The van der Waals surface area contributed by atoms with Crippen molar-refractivity contribution >= 4 is 21.6 Å². The van der Waals surface area contributed by atoms with Gasteiger partial charge in [0.1, 0.15) is 12.4 Å². The summed E-state index contributed by atoms with van der Waals surface area (Å²) in [5.41, 5.74) is 9.62. The maximum Gasteiger partial charge on any atom is 0.134 e. The molecular formula is C14H15BrN2O. The number of nitrogens with two attached hydrogens (primary N) is 1. The lowest BCUT2D eigenvalue weighted by molar-refractivity contribution is 0.298. The molecule has 0 aliphatic carbocycles. The van der Waals surface area contributed by atoms with Crippen LogP contribution in [0.5, 0.6) is 5.75 Å². The molecule has 2 aromatic rings. The Morgan fingerprint density at radius 2 is 2.00 bits per heavy atom. The smallest absolute Gasteiger partial charge is 0.134 e. The molecule has 1 aromatic carbocycles. The number of halogens is 1. The Kier molecular flexibility index (Phi) is 3.87. The fraction of sp³-hybridized carbons (Fsp3) is 0.214. The van der Waals surface area contributed by atoms with E-state index in [4.69, 9.17) is 10.5 Å². The molecule has 0 unspecified atom stereocenters. The van der Waals surface area contributed by atoms with Gasteiger partial charge in [0.05, 0.1) is 10.2 Å². The van der Waals surface area contributed by atoms with Crippen molar-refractivity contribution in [1.29, 1.82) is 0 Å². The first-order valence-corrected chi connectivity index (χ1v) is 6.46. The molecule has 0 aliphatic rings. The number of aromatic nitrogens is 1. The first-order valence-electron chi connectivity index (χ1n) is 5.67. The van der Waals surface area contributed by atoms with Crippen LogP contribution in [0, 0.1) is 13.8 Å². The van der Waals surface area contributed by atoms with E-state index in [0.29, 0.717) is 6.61 Å². The van der Waals surface area contributed by atoms with Gasteiger partial charge in [0.15, 0.2) is 0 Å². The maximum atomic E-state index is 5.98. The van der Waals surface area contributed by atoms with Crippen molar-refractivity contribution in [2.24, 2.45) is 0 Å². The van der Waals surface area contributed by atoms with Gasteiger partial charge in [0.25, 0.3) is 0 Å². The number of nitrogens with zero attached hydrogens (tertiary/aromatic N) is 1. The number of benzene rings is 1. The minimum absolute atomic E-state index is 0.416. The summed E-state index contributed by atoms with van der Waals surface area (Å²) in [7, 11) is 0. The van der Waals surface area contributed by atoms with Crippen LogP contribution in [0.2, 0.25) is 0 Å². The van der Waals surface area contributed by atoms with Crippen molar-refractivity contribution in [3.8, 4) is 5.75 Å². The third-order valence-corrected chi connectivity index (χ3v) is 3.53. The number of aryl methyl sites for hydroxylation is 1. The van der Waals surface area contributed by atoms with Gasteiger partial charge < -0.3 is 10.5 Å². The summed E-state index contributed by atoms with van der Waals surface area (Å²) in [6.07, 6.45) is 1.78. The summed E-state index contributed by atoms with van der Waals surface area (Å²) in [6.45, 7) is 4.33. The number of nitrogen functional groups attached to an aromatic ring is 1. The van der Waals surface area contributed by atoms with E-state index in [1.54, 1.807) is 6.20 Å². The highest BCUT2D eigenvalue weighted by Crippen LogP contribution is 2.25. The van der Waals surface area contributed by atoms with Crippen LogP contribution in [0.4, 0.5) is 5.69 Å². The second-order valence-corrected chi connectivity index (χ2v) is 5.00. The molecule has 1 aromatic heterocycles. The van der Waals surface area contributed by atoms with Crippen LogP contribution >= 0.6 is 15.9 Å². The van der Waals surface area contributed by atoms with Crippen molar-refractivity contribution in [3.05, 3.63) is 51.8 Å². The van der Waals surface area contributed by atoms with Crippen molar-refractivity contribution in [3.63, 3.8) is 0 Å². The first kappa shape index (κ1) is 12.9. The lowest BCUT2D eigenvalue weighted by Gasteiger charge is -2.12. The van der Waals surface area contributed by atoms with E-state index in [1.165, 1.54) is 0 Å². The molecule has 0 aliphatic heterocycles. The highest BCUT2D eigenvalue weighted by Gasteiger charge is 2.07. The van der Waals surface area contributed by atoms with Gasteiger partial charge >= 0.3 is 0 Å². The monoisotopic (exact) mass is 306 g/mol. The zero-order valence-electron chi connectivity index (χ0n) is 10.4. The summed E-state index contributed by atoms with van der Waals surface area (Å²) < 4.78 is 6.67. The third kappa shape index (κ3) is 2.64. The lowest BCUT2D eigenvalue weighted by atomic mass is 10.1. The van der Waals surface area contributed by atoms with Gasteiger partial charge in [-0.15, -0.1) is 0 Å². The van der Waals surface area contributed by atoms with E-state index in [9.17, 15) is 0 Å². The van der Waals surface area contributed by atoms with Crippen LogP contribution in [0.1, 0.15) is 16.8 Å². The second kappa shape index (κ2) is 5.40. The van der Waals surface area contributed by atoms with E-state index >= 15 is 0 Å². The maximum absolute atomic E-state index is 5.98. The second-order valence-electron chi connectivity index (χ2n) is 4.15. The zero-order chi connectivity index (χ0) is 13.1. The lowest BCUT2D eigenvalue weighted by Crippen LogP contribution is -2.05. The number of para-hydroxylation sites is 1. The number of hydrogen-bond acceptors (Lipinski definition) is 3. The van der Waals surface area contributed by atoms with Gasteiger partial charge in [-0.2, -0.15) is 0 Å². The van der Waals surface area contributed by atoms with Crippen LogP contribution in [0.15, 0.2) is 34.9 Å². The fourth-order valence-corrected chi connectivity index (χ4v) is 2.04. The largest absolute Gasteiger partial charge is 0.486 e. The fourth-order valence-electron chi connectivity index (χ4n) is 1.65. The molecule has 0 atom stereocenters. The normalized spacial score (nSPS) is 10.4. The molecule has 18 heavy (non-hydrogen) atoms. The van der Waals surface area contributed by atoms with Gasteiger partial charge in [-0.25, -0.2) is 0 Å². The average molecular weight is 307 g/mol. The number of hydrogen-bond donors (Lipinski definition) is 1. The number of rotatable bonds is 3. The highest BCUT2D eigenvalue weighted by atomic mass is 79.9. The summed E-state index contributed by atoms with van der Waals surface area (Å²) in [4.78, 5) is 4.36. The summed E-state index contributed by atoms with van der Waals surface area (Å²) in [6, 6.07) is 7.74. The molecular weight excluding hydrogens is 292 g/mol. The van der Waals surface area contributed by atoms with E-state index in [1.807, 2.05) is 38.1 Å². The highest BCUT2D eigenvalue weighted by molar-refractivity contribution is 9.10. The zero-order valence-corrected chi connectivity index (χ0v) is 12.0. The average Bonchev–Trinajstić information content (AvgIpc) is 2.37. The quantitative estimate of drug-likeness (QED) is 0.942. The molecule has 2 rings (SSSR count). The summed E-state index contributed by atoms with van der Waals surface area (Å²) in [5, 5.41) is 0. The van der Waals surface area contributed by atoms with Crippen LogP contribution in [0.25, 0.3) is 0 Å². The predicted octanol–water partition coefficient (Wildman–Crippen LogP) is 3.62. The molecule has 0 saturated carbocycles. The number of pyridine rings is 1. The standard InChI is InChI=1S/C14H15BrN2O/c1-9-7-17-12(10(2)14(9)16)8-18-13-6-4-3-5-11(13)15/h3-7H,8H2,1-2H3,(H2,16,17). The Bertz CT molecular complexity index is 570. The van der Waals surface area contributed by atoms with Crippen LogP contribution < -0.4 is 10.5 Å². The van der Waals surface area contributed by atoms with Crippen LogP contribution in [0.3, 0.4) is 0 Å². The minimum atomic E-state index is 0.416. The topological polar surface area (TPSA) is 48.1 Å². The molecule has 0 radical (unpaired) electrons. The van der Waals surface area contributed by atoms with Crippen molar-refractivity contribution in [2.45, 2.75) is 20.5 Å². The first-order chi connectivity index (χ1) is 8.59. The van der Waals surface area contributed by atoms with Crippen molar-refractivity contribution in [2.75, 3.05) is 5.73 Å². The Balaban J connectivity index is 2.17.